The molecule has 0 atom stereocenters. The number of rotatable bonds is 2. The molecular weight excluding hydrogens is 139 g/mol. The molecular formula is C10H13F. The fourth-order valence-corrected chi connectivity index (χ4v) is 1.10. The summed E-state index contributed by atoms with van der Waals surface area (Å²) in [5.41, 5.74) is 0.822. The highest BCUT2D eigenvalue weighted by molar-refractivity contribution is 5.17. The Balaban J connectivity index is 2.78. The van der Waals surface area contributed by atoms with E-state index in [1.165, 1.54) is 6.07 Å². The van der Waals surface area contributed by atoms with Crippen LogP contribution < -0.4 is 0 Å². The van der Waals surface area contributed by atoms with E-state index in [1.54, 1.807) is 6.07 Å². The van der Waals surface area contributed by atoms with Crippen LogP contribution in [0.5, 0.6) is 0 Å². The van der Waals surface area contributed by atoms with Gasteiger partial charge in [0.15, 0.2) is 0 Å². The molecule has 0 spiro atoms. The summed E-state index contributed by atoms with van der Waals surface area (Å²) in [4.78, 5) is 0. The third-order valence-corrected chi connectivity index (χ3v) is 1.59. The molecule has 0 fully saturated rings. The highest BCUT2D eigenvalue weighted by Gasteiger charge is 2.01. The Bertz CT molecular complexity index is 228. The standard InChI is InChI=1S/C10H13F/c1-8(2)7-9-5-3-4-6-10(9)11/h3-6,8H,7H2,1-2H3. The lowest BCUT2D eigenvalue weighted by atomic mass is 10.0. The molecule has 1 heteroatoms. The van der Waals surface area contributed by atoms with E-state index in [0.717, 1.165) is 12.0 Å². The van der Waals surface area contributed by atoms with Gasteiger partial charge in [0.2, 0.25) is 0 Å². The van der Waals surface area contributed by atoms with Crippen LogP contribution in [0.15, 0.2) is 24.3 Å². The van der Waals surface area contributed by atoms with Crippen molar-refractivity contribution >= 4 is 0 Å². The molecule has 0 radical (unpaired) electrons. The minimum Gasteiger partial charge on any atom is -0.207 e. The van der Waals surface area contributed by atoms with Crippen molar-refractivity contribution in [1.82, 2.24) is 0 Å². The third kappa shape index (κ3) is 2.34. The van der Waals surface area contributed by atoms with E-state index >= 15 is 0 Å². The van der Waals surface area contributed by atoms with Crippen LogP contribution in [0.4, 0.5) is 4.39 Å². The molecule has 0 saturated heterocycles. The topological polar surface area (TPSA) is 0 Å². The van der Waals surface area contributed by atoms with Gasteiger partial charge in [-0.2, -0.15) is 0 Å². The van der Waals surface area contributed by atoms with E-state index in [0.29, 0.717) is 5.92 Å². The Hall–Kier alpha value is -0.850. The SMILES string of the molecule is CC(C)Cc1ccccc1F. The second-order valence-corrected chi connectivity index (χ2v) is 3.19. The minimum absolute atomic E-state index is 0.0822. The highest BCUT2D eigenvalue weighted by atomic mass is 19.1. The van der Waals surface area contributed by atoms with Crippen molar-refractivity contribution in [2.24, 2.45) is 5.92 Å². The second kappa shape index (κ2) is 3.51. The van der Waals surface area contributed by atoms with Crippen LogP contribution in [0.25, 0.3) is 0 Å². The summed E-state index contributed by atoms with van der Waals surface area (Å²) in [5.74, 6) is 0.438. The number of halogens is 1. The zero-order valence-electron chi connectivity index (χ0n) is 6.97. The summed E-state index contributed by atoms with van der Waals surface area (Å²) in [5, 5.41) is 0. The predicted octanol–water partition coefficient (Wildman–Crippen LogP) is 3.02. The number of benzene rings is 1. The van der Waals surface area contributed by atoms with Crippen molar-refractivity contribution in [1.29, 1.82) is 0 Å². The molecule has 0 aliphatic heterocycles. The van der Waals surface area contributed by atoms with E-state index in [1.807, 2.05) is 12.1 Å². The van der Waals surface area contributed by atoms with E-state index in [2.05, 4.69) is 13.8 Å². The molecule has 1 rings (SSSR count). The summed E-state index contributed by atoms with van der Waals surface area (Å²) in [7, 11) is 0. The van der Waals surface area contributed by atoms with Gasteiger partial charge in [-0.25, -0.2) is 4.39 Å². The maximum Gasteiger partial charge on any atom is 0.126 e. The van der Waals surface area contributed by atoms with Crippen LogP contribution in [0.2, 0.25) is 0 Å². The lowest BCUT2D eigenvalue weighted by Gasteiger charge is -2.04. The van der Waals surface area contributed by atoms with E-state index in [4.69, 9.17) is 0 Å². The van der Waals surface area contributed by atoms with Crippen molar-refractivity contribution in [3.63, 3.8) is 0 Å². The molecule has 0 aromatic heterocycles. The van der Waals surface area contributed by atoms with Gasteiger partial charge in [-0.1, -0.05) is 32.0 Å². The van der Waals surface area contributed by atoms with Crippen molar-refractivity contribution in [3.05, 3.63) is 35.6 Å². The van der Waals surface area contributed by atoms with Crippen LogP contribution >= 0.6 is 0 Å². The molecule has 0 aliphatic rings. The second-order valence-electron chi connectivity index (χ2n) is 3.19. The van der Waals surface area contributed by atoms with Crippen LogP contribution in [0.1, 0.15) is 19.4 Å². The smallest absolute Gasteiger partial charge is 0.126 e. The Morgan fingerprint density at radius 3 is 2.45 bits per heavy atom. The first-order valence-corrected chi connectivity index (χ1v) is 3.93. The van der Waals surface area contributed by atoms with Crippen LogP contribution in [0, 0.1) is 11.7 Å². The van der Waals surface area contributed by atoms with Crippen LogP contribution in [0.3, 0.4) is 0 Å². The molecule has 11 heavy (non-hydrogen) atoms. The largest absolute Gasteiger partial charge is 0.207 e. The van der Waals surface area contributed by atoms with Gasteiger partial charge < -0.3 is 0 Å². The van der Waals surface area contributed by atoms with Gasteiger partial charge in [0.25, 0.3) is 0 Å². The molecule has 0 bridgehead atoms. The molecule has 1 aromatic rings. The molecule has 1 aromatic carbocycles. The predicted molar refractivity (Wildman–Crippen MR) is 44.9 cm³/mol. The fourth-order valence-electron chi connectivity index (χ4n) is 1.10. The van der Waals surface area contributed by atoms with E-state index in [-0.39, 0.29) is 5.82 Å². The third-order valence-electron chi connectivity index (χ3n) is 1.59. The molecule has 0 heterocycles. The number of hydrogen-bond donors (Lipinski definition) is 0. The zero-order valence-corrected chi connectivity index (χ0v) is 6.97. The average molecular weight is 152 g/mol. The lowest BCUT2D eigenvalue weighted by molar-refractivity contribution is 0.574. The van der Waals surface area contributed by atoms with Gasteiger partial charge in [-0.15, -0.1) is 0 Å². The van der Waals surface area contributed by atoms with Gasteiger partial charge in [0, 0.05) is 0 Å². The average Bonchev–Trinajstić information content (AvgIpc) is 1.93. The number of hydrogen-bond acceptors (Lipinski definition) is 0. The summed E-state index contributed by atoms with van der Waals surface area (Å²) in [6, 6.07) is 6.95. The summed E-state index contributed by atoms with van der Waals surface area (Å²) >= 11 is 0. The molecule has 0 aliphatic carbocycles. The van der Waals surface area contributed by atoms with Gasteiger partial charge in [-0.3, -0.25) is 0 Å². The monoisotopic (exact) mass is 152 g/mol. The first-order chi connectivity index (χ1) is 5.20. The Kier molecular flexibility index (Phi) is 2.64. The van der Waals surface area contributed by atoms with Gasteiger partial charge in [0.05, 0.1) is 0 Å². The maximum absolute atomic E-state index is 12.9. The molecule has 60 valence electrons. The maximum atomic E-state index is 12.9. The van der Waals surface area contributed by atoms with Crippen molar-refractivity contribution in [2.75, 3.05) is 0 Å². The molecule has 0 amide bonds. The first kappa shape index (κ1) is 8.25. The molecule has 0 saturated carbocycles. The van der Waals surface area contributed by atoms with E-state index < -0.39 is 0 Å². The van der Waals surface area contributed by atoms with Crippen molar-refractivity contribution < 1.29 is 4.39 Å². The molecule has 0 N–H and O–H groups in total. The summed E-state index contributed by atoms with van der Waals surface area (Å²) in [6.07, 6.45) is 0.826. The normalized spacial score (nSPS) is 10.5. The Morgan fingerprint density at radius 2 is 1.91 bits per heavy atom. The highest BCUT2D eigenvalue weighted by Crippen LogP contribution is 2.11. The fraction of sp³-hybridized carbons (Fsp3) is 0.400. The Labute approximate surface area is 67.1 Å². The van der Waals surface area contributed by atoms with Crippen LogP contribution in [-0.4, -0.2) is 0 Å². The summed E-state index contributed by atoms with van der Waals surface area (Å²) in [6.45, 7) is 4.18. The van der Waals surface area contributed by atoms with E-state index in [9.17, 15) is 4.39 Å². The zero-order chi connectivity index (χ0) is 8.27. The quantitative estimate of drug-likeness (QED) is 0.611. The van der Waals surface area contributed by atoms with Crippen LogP contribution in [-0.2, 0) is 6.42 Å². The lowest BCUT2D eigenvalue weighted by Crippen LogP contribution is -1.96. The molecule has 0 nitrogen and oxygen atoms in total. The van der Waals surface area contributed by atoms with Crippen molar-refractivity contribution in [2.45, 2.75) is 20.3 Å². The molecule has 0 unspecified atom stereocenters. The summed E-state index contributed by atoms with van der Waals surface area (Å²) < 4.78 is 12.9. The van der Waals surface area contributed by atoms with Gasteiger partial charge >= 0.3 is 0 Å². The first-order valence-electron chi connectivity index (χ1n) is 3.93. The van der Waals surface area contributed by atoms with Gasteiger partial charge in [0.1, 0.15) is 5.82 Å². The van der Waals surface area contributed by atoms with Crippen molar-refractivity contribution in [3.8, 4) is 0 Å². The minimum atomic E-state index is -0.0822. The van der Waals surface area contributed by atoms with Gasteiger partial charge in [-0.05, 0) is 24.0 Å². The Morgan fingerprint density at radius 1 is 1.27 bits per heavy atom.